The van der Waals surface area contributed by atoms with Crippen molar-refractivity contribution in [2.75, 3.05) is 18.6 Å². The maximum atomic E-state index is 13.3. The van der Waals surface area contributed by atoms with Crippen molar-refractivity contribution < 1.29 is 24.2 Å². The third kappa shape index (κ3) is 4.24. The molecule has 0 bridgehead atoms. The molecule has 1 N–H and O–H groups in total. The zero-order chi connectivity index (χ0) is 24.4. The number of aliphatic hydroxyl groups is 1. The van der Waals surface area contributed by atoms with Crippen molar-refractivity contribution in [3.05, 3.63) is 94.0 Å². The van der Waals surface area contributed by atoms with E-state index < -0.39 is 17.7 Å². The largest absolute Gasteiger partial charge is 0.507 e. The molecule has 1 amide bonds. The number of methoxy groups -OCH3 is 1. The van der Waals surface area contributed by atoms with Crippen molar-refractivity contribution in [2.45, 2.75) is 19.9 Å². The summed E-state index contributed by atoms with van der Waals surface area (Å²) >= 11 is 6.34. The molecule has 1 heterocycles. The number of hydrogen-bond donors (Lipinski definition) is 1. The molecule has 1 saturated heterocycles. The van der Waals surface area contributed by atoms with E-state index in [1.165, 1.54) is 4.90 Å². The third-order valence-corrected chi connectivity index (χ3v) is 6.14. The highest BCUT2D eigenvalue weighted by Crippen LogP contribution is 2.43. The molecule has 0 aromatic heterocycles. The number of carbonyl (C=O) groups is 2. The Kier molecular flexibility index (Phi) is 6.61. The number of rotatable bonds is 6. The summed E-state index contributed by atoms with van der Waals surface area (Å²) < 4.78 is 10.8. The molecule has 1 atom stereocenters. The first-order chi connectivity index (χ1) is 16.3. The van der Waals surface area contributed by atoms with Crippen molar-refractivity contribution in [3.8, 4) is 11.5 Å². The number of ether oxygens (including phenoxy) is 2. The first kappa shape index (κ1) is 23.4. The van der Waals surface area contributed by atoms with Gasteiger partial charge in [-0.3, -0.25) is 14.5 Å². The molecule has 174 valence electrons. The van der Waals surface area contributed by atoms with Crippen LogP contribution in [0.1, 0.15) is 29.7 Å². The molecule has 7 heteroatoms. The minimum atomic E-state index is -0.861. The summed E-state index contributed by atoms with van der Waals surface area (Å²) in [5.74, 6) is -0.628. The average Bonchev–Trinajstić information content (AvgIpc) is 3.11. The van der Waals surface area contributed by atoms with Crippen LogP contribution in [0.2, 0.25) is 5.02 Å². The molecule has 3 aromatic carbocycles. The Morgan fingerprint density at radius 1 is 1.03 bits per heavy atom. The zero-order valence-corrected chi connectivity index (χ0v) is 19.8. The topological polar surface area (TPSA) is 76.1 Å². The van der Waals surface area contributed by atoms with Gasteiger partial charge in [0.05, 0.1) is 25.3 Å². The van der Waals surface area contributed by atoms with E-state index in [4.69, 9.17) is 21.1 Å². The first-order valence-corrected chi connectivity index (χ1v) is 11.2. The SMILES string of the molecule is CCOc1cccc(/C(O)=C2\C(=O)C(=O)N(c3ccc(C)c(Cl)c3)C2c2ccc(OC)cc2)c1. The fraction of sp³-hybridized carbons (Fsp3) is 0.185. The van der Waals surface area contributed by atoms with Gasteiger partial charge in [-0.25, -0.2) is 0 Å². The van der Waals surface area contributed by atoms with Gasteiger partial charge in [-0.05, 0) is 61.4 Å². The summed E-state index contributed by atoms with van der Waals surface area (Å²) in [5, 5.41) is 11.7. The molecular formula is C27H24ClNO5. The number of amides is 1. The van der Waals surface area contributed by atoms with Gasteiger partial charge in [0.1, 0.15) is 17.3 Å². The predicted octanol–water partition coefficient (Wildman–Crippen LogP) is 5.68. The maximum Gasteiger partial charge on any atom is 0.300 e. The summed E-state index contributed by atoms with van der Waals surface area (Å²) in [6.07, 6.45) is 0. The summed E-state index contributed by atoms with van der Waals surface area (Å²) in [6.45, 7) is 4.16. The Morgan fingerprint density at radius 3 is 2.41 bits per heavy atom. The molecule has 1 unspecified atom stereocenters. The van der Waals surface area contributed by atoms with E-state index in [0.717, 1.165) is 5.56 Å². The number of benzene rings is 3. The van der Waals surface area contributed by atoms with Crippen LogP contribution in [0.3, 0.4) is 0 Å². The van der Waals surface area contributed by atoms with Gasteiger partial charge in [0.25, 0.3) is 11.7 Å². The number of anilines is 1. The lowest BCUT2D eigenvalue weighted by Crippen LogP contribution is -2.29. The number of aryl methyl sites for hydroxylation is 1. The second-order valence-electron chi connectivity index (χ2n) is 7.84. The van der Waals surface area contributed by atoms with Crippen molar-refractivity contribution in [2.24, 2.45) is 0 Å². The molecule has 1 aliphatic heterocycles. The van der Waals surface area contributed by atoms with E-state index in [-0.39, 0.29) is 11.3 Å². The zero-order valence-electron chi connectivity index (χ0n) is 19.0. The molecule has 1 fully saturated rings. The third-order valence-electron chi connectivity index (χ3n) is 5.73. The lowest BCUT2D eigenvalue weighted by molar-refractivity contribution is -0.132. The quantitative estimate of drug-likeness (QED) is 0.281. The van der Waals surface area contributed by atoms with Gasteiger partial charge in [-0.2, -0.15) is 0 Å². The summed E-state index contributed by atoms with van der Waals surface area (Å²) in [7, 11) is 1.56. The lowest BCUT2D eigenvalue weighted by atomic mass is 9.95. The van der Waals surface area contributed by atoms with Gasteiger partial charge < -0.3 is 14.6 Å². The second-order valence-corrected chi connectivity index (χ2v) is 8.24. The van der Waals surface area contributed by atoms with Crippen LogP contribution in [0, 0.1) is 6.92 Å². The molecule has 0 aliphatic carbocycles. The van der Waals surface area contributed by atoms with Crippen LogP contribution in [0.5, 0.6) is 11.5 Å². The number of hydrogen-bond acceptors (Lipinski definition) is 5. The number of nitrogens with zero attached hydrogens (tertiary/aromatic N) is 1. The molecular weight excluding hydrogens is 454 g/mol. The standard InChI is InChI=1S/C27H24ClNO5/c1-4-34-21-7-5-6-18(14-21)25(30)23-24(17-9-12-20(33-3)13-10-17)29(27(32)26(23)31)19-11-8-16(2)22(28)15-19/h5-15,24,30H,4H2,1-3H3/b25-23+. The van der Waals surface area contributed by atoms with Gasteiger partial charge in [0.15, 0.2) is 0 Å². The van der Waals surface area contributed by atoms with E-state index in [2.05, 4.69) is 0 Å². The molecule has 34 heavy (non-hydrogen) atoms. The Balaban J connectivity index is 1.92. The van der Waals surface area contributed by atoms with Crippen LogP contribution >= 0.6 is 11.6 Å². The number of aliphatic hydroxyl groups excluding tert-OH is 1. The van der Waals surface area contributed by atoms with E-state index in [0.29, 0.717) is 39.9 Å². The fourth-order valence-electron chi connectivity index (χ4n) is 3.99. The fourth-order valence-corrected chi connectivity index (χ4v) is 4.16. The highest BCUT2D eigenvalue weighted by Gasteiger charge is 2.47. The van der Waals surface area contributed by atoms with Crippen molar-refractivity contribution in [1.82, 2.24) is 0 Å². The number of carbonyl (C=O) groups excluding carboxylic acids is 2. The highest BCUT2D eigenvalue weighted by molar-refractivity contribution is 6.51. The Bertz CT molecular complexity index is 1280. The summed E-state index contributed by atoms with van der Waals surface area (Å²) in [5.41, 5.74) is 2.31. The Morgan fingerprint density at radius 2 is 1.76 bits per heavy atom. The number of Topliss-reactive ketones (excluding diaryl/α,β-unsaturated/α-hetero) is 1. The number of ketones is 1. The minimum absolute atomic E-state index is 0.0134. The van der Waals surface area contributed by atoms with Crippen molar-refractivity contribution in [3.63, 3.8) is 0 Å². The molecule has 0 saturated carbocycles. The molecule has 4 rings (SSSR count). The number of halogens is 1. The van der Waals surface area contributed by atoms with E-state index >= 15 is 0 Å². The van der Waals surface area contributed by atoms with Crippen LogP contribution in [0.4, 0.5) is 5.69 Å². The summed E-state index contributed by atoms with van der Waals surface area (Å²) in [6, 6.07) is 18.1. The van der Waals surface area contributed by atoms with Crippen LogP contribution < -0.4 is 14.4 Å². The molecule has 0 radical (unpaired) electrons. The smallest absolute Gasteiger partial charge is 0.300 e. The van der Waals surface area contributed by atoms with Gasteiger partial charge in [-0.15, -0.1) is 0 Å². The van der Waals surface area contributed by atoms with E-state index in [9.17, 15) is 14.7 Å². The van der Waals surface area contributed by atoms with Crippen molar-refractivity contribution >= 4 is 34.7 Å². The Labute approximate surface area is 203 Å². The summed E-state index contributed by atoms with van der Waals surface area (Å²) in [4.78, 5) is 27.9. The van der Waals surface area contributed by atoms with Crippen LogP contribution in [0.15, 0.2) is 72.3 Å². The maximum absolute atomic E-state index is 13.3. The molecule has 1 aliphatic rings. The minimum Gasteiger partial charge on any atom is -0.507 e. The lowest BCUT2D eigenvalue weighted by Gasteiger charge is -2.26. The van der Waals surface area contributed by atoms with Gasteiger partial charge in [-0.1, -0.05) is 41.9 Å². The molecule has 6 nitrogen and oxygen atoms in total. The van der Waals surface area contributed by atoms with Crippen molar-refractivity contribution in [1.29, 1.82) is 0 Å². The van der Waals surface area contributed by atoms with Crippen LogP contribution in [-0.4, -0.2) is 30.5 Å². The van der Waals surface area contributed by atoms with Crippen LogP contribution in [-0.2, 0) is 9.59 Å². The van der Waals surface area contributed by atoms with Crippen LogP contribution in [0.25, 0.3) is 5.76 Å². The predicted molar refractivity (Wildman–Crippen MR) is 132 cm³/mol. The normalized spacial score (nSPS) is 17.2. The van der Waals surface area contributed by atoms with E-state index in [1.54, 1.807) is 73.8 Å². The van der Waals surface area contributed by atoms with E-state index in [1.807, 2.05) is 13.8 Å². The van der Waals surface area contributed by atoms with Gasteiger partial charge in [0.2, 0.25) is 0 Å². The molecule has 3 aromatic rings. The second kappa shape index (κ2) is 9.61. The van der Waals surface area contributed by atoms with Gasteiger partial charge >= 0.3 is 0 Å². The highest BCUT2D eigenvalue weighted by atomic mass is 35.5. The van der Waals surface area contributed by atoms with Gasteiger partial charge in [0, 0.05) is 16.3 Å². The average molecular weight is 478 g/mol. The first-order valence-electron chi connectivity index (χ1n) is 10.8. The Hall–Kier alpha value is -3.77. The molecule has 0 spiro atoms. The monoisotopic (exact) mass is 477 g/mol.